The molecule has 29 heavy (non-hydrogen) atoms. The summed E-state index contributed by atoms with van der Waals surface area (Å²) in [6, 6.07) is 6.08. The third-order valence-electron chi connectivity index (χ3n) is 7.29. The summed E-state index contributed by atoms with van der Waals surface area (Å²) in [6.07, 6.45) is 6.22. The van der Waals surface area contributed by atoms with Gasteiger partial charge in [-0.15, -0.1) is 0 Å². The van der Waals surface area contributed by atoms with Gasteiger partial charge in [0.05, 0.1) is 17.2 Å². The molecular weight excluding hydrogens is 366 g/mol. The van der Waals surface area contributed by atoms with Crippen LogP contribution in [0.15, 0.2) is 24.4 Å². The van der Waals surface area contributed by atoms with Gasteiger partial charge in [-0.3, -0.25) is 19.5 Å². The Morgan fingerprint density at radius 3 is 2.38 bits per heavy atom. The van der Waals surface area contributed by atoms with Crippen LogP contribution in [-0.2, 0) is 15.1 Å². The molecule has 2 aliphatic rings. The number of likely N-dealkylation sites (tertiary alicyclic amines) is 1. The number of hydrogen-bond acceptors (Lipinski definition) is 4. The van der Waals surface area contributed by atoms with Crippen molar-refractivity contribution in [3.8, 4) is 0 Å². The number of pyridine rings is 1. The highest BCUT2D eigenvalue weighted by Crippen LogP contribution is 2.52. The predicted molar refractivity (Wildman–Crippen MR) is 112 cm³/mol. The number of rotatable bonds is 5. The second kappa shape index (κ2) is 7.71. The fourth-order valence-electron chi connectivity index (χ4n) is 5.19. The van der Waals surface area contributed by atoms with Gasteiger partial charge in [0.1, 0.15) is 0 Å². The second-order valence-electron chi connectivity index (χ2n) is 10.3. The molecule has 1 amide bonds. The molecule has 1 aliphatic carbocycles. The molecular formula is C23H35N3O3. The molecule has 1 spiro atoms. The Balaban J connectivity index is 1.74. The summed E-state index contributed by atoms with van der Waals surface area (Å²) >= 11 is 0. The van der Waals surface area contributed by atoms with Crippen LogP contribution in [0.5, 0.6) is 0 Å². The number of hydrogen-bond donors (Lipinski definition) is 1. The zero-order valence-corrected chi connectivity index (χ0v) is 18.4. The fourth-order valence-corrected chi connectivity index (χ4v) is 5.19. The number of carbonyl (C=O) groups is 2. The molecule has 1 unspecified atom stereocenters. The zero-order valence-electron chi connectivity index (χ0n) is 18.4. The molecule has 1 atom stereocenters. The van der Waals surface area contributed by atoms with E-state index in [2.05, 4.69) is 30.0 Å². The molecule has 1 aromatic rings. The molecule has 3 rings (SSSR count). The summed E-state index contributed by atoms with van der Waals surface area (Å²) in [5.74, 6) is -1.27. The van der Waals surface area contributed by atoms with Crippen LogP contribution >= 0.6 is 0 Å². The van der Waals surface area contributed by atoms with Gasteiger partial charge in [-0.1, -0.05) is 26.8 Å². The first kappa shape index (κ1) is 21.8. The predicted octanol–water partition coefficient (Wildman–Crippen LogP) is 3.38. The number of aliphatic carboxylic acids is 1. The lowest BCUT2D eigenvalue weighted by Gasteiger charge is -2.48. The Morgan fingerprint density at radius 2 is 1.90 bits per heavy atom. The lowest BCUT2D eigenvalue weighted by atomic mass is 9.65. The summed E-state index contributed by atoms with van der Waals surface area (Å²) in [7, 11) is 4.22. The highest BCUT2D eigenvalue weighted by atomic mass is 16.4. The largest absolute Gasteiger partial charge is 0.481 e. The summed E-state index contributed by atoms with van der Waals surface area (Å²) < 4.78 is 0. The summed E-state index contributed by atoms with van der Waals surface area (Å²) in [6.45, 7) is 6.78. The van der Waals surface area contributed by atoms with Gasteiger partial charge in [0.25, 0.3) is 0 Å². The topological polar surface area (TPSA) is 73.7 Å². The Bertz CT molecular complexity index is 746. The molecule has 2 heterocycles. The van der Waals surface area contributed by atoms with Crippen LogP contribution in [0.25, 0.3) is 0 Å². The van der Waals surface area contributed by atoms with E-state index in [0.29, 0.717) is 19.5 Å². The third kappa shape index (κ3) is 4.18. The van der Waals surface area contributed by atoms with Crippen molar-refractivity contribution >= 4 is 11.9 Å². The lowest BCUT2D eigenvalue weighted by Crippen LogP contribution is -2.48. The molecule has 1 saturated carbocycles. The van der Waals surface area contributed by atoms with Gasteiger partial charge in [0, 0.05) is 25.7 Å². The van der Waals surface area contributed by atoms with Crippen LogP contribution in [0.2, 0.25) is 0 Å². The molecule has 160 valence electrons. The third-order valence-corrected chi connectivity index (χ3v) is 7.29. The minimum atomic E-state index is -0.823. The van der Waals surface area contributed by atoms with Crippen molar-refractivity contribution in [2.75, 3.05) is 27.2 Å². The number of amides is 1. The standard InChI is InChI=1S/C23H35N3O3/c1-21(2,3)17(20(28)29)15-26-16-22(14-19(26)27)9-11-23(12-10-22,25(4)5)18-8-6-7-13-24-18/h6-8,13,17H,9-12,14-16H2,1-5H3,(H,28,29). The molecule has 1 aromatic heterocycles. The molecule has 6 nitrogen and oxygen atoms in total. The quantitative estimate of drug-likeness (QED) is 0.819. The Morgan fingerprint density at radius 1 is 1.24 bits per heavy atom. The van der Waals surface area contributed by atoms with Crippen LogP contribution in [-0.4, -0.2) is 59.0 Å². The van der Waals surface area contributed by atoms with E-state index in [1.807, 2.05) is 44.0 Å². The normalized spacial score (nSPS) is 28.9. The van der Waals surface area contributed by atoms with Crippen molar-refractivity contribution in [2.24, 2.45) is 16.7 Å². The van der Waals surface area contributed by atoms with Gasteiger partial charge in [-0.25, -0.2) is 0 Å². The number of carboxylic acids is 1. The maximum atomic E-state index is 12.8. The average Bonchev–Trinajstić information content (AvgIpc) is 2.95. The van der Waals surface area contributed by atoms with E-state index < -0.39 is 11.9 Å². The number of carbonyl (C=O) groups excluding carboxylic acids is 1. The van der Waals surface area contributed by atoms with E-state index >= 15 is 0 Å². The maximum absolute atomic E-state index is 12.8. The fraction of sp³-hybridized carbons (Fsp3) is 0.696. The zero-order chi connectivity index (χ0) is 21.4. The highest BCUT2D eigenvalue weighted by Gasteiger charge is 2.51. The van der Waals surface area contributed by atoms with E-state index in [0.717, 1.165) is 31.4 Å². The minimum absolute atomic E-state index is 0.0354. The van der Waals surface area contributed by atoms with Gasteiger partial charge < -0.3 is 10.0 Å². The van der Waals surface area contributed by atoms with Crippen molar-refractivity contribution in [2.45, 2.75) is 58.4 Å². The second-order valence-corrected chi connectivity index (χ2v) is 10.3. The highest BCUT2D eigenvalue weighted by molar-refractivity contribution is 5.80. The monoisotopic (exact) mass is 401 g/mol. The molecule has 2 fully saturated rings. The molecule has 1 aliphatic heterocycles. The summed E-state index contributed by atoms with van der Waals surface area (Å²) in [5, 5.41) is 9.66. The summed E-state index contributed by atoms with van der Waals surface area (Å²) in [5.41, 5.74) is 0.581. The van der Waals surface area contributed by atoms with Gasteiger partial charge in [0.2, 0.25) is 5.91 Å². The Kier molecular flexibility index (Phi) is 5.78. The van der Waals surface area contributed by atoms with Crippen molar-refractivity contribution in [3.63, 3.8) is 0 Å². The van der Waals surface area contributed by atoms with Gasteiger partial charge in [0.15, 0.2) is 0 Å². The smallest absolute Gasteiger partial charge is 0.308 e. The first-order valence-corrected chi connectivity index (χ1v) is 10.6. The van der Waals surface area contributed by atoms with Gasteiger partial charge in [-0.2, -0.15) is 0 Å². The van der Waals surface area contributed by atoms with Crippen LogP contribution in [0, 0.1) is 16.7 Å². The molecule has 1 saturated heterocycles. The maximum Gasteiger partial charge on any atom is 0.308 e. The summed E-state index contributed by atoms with van der Waals surface area (Å²) in [4.78, 5) is 33.3. The van der Waals surface area contributed by atoms with Crippen LogP contribution in [0.1, 0.15) is 58.6 Å². The first-order valence-electron chi connectivity index (χ1n) is 10.6. The van der Waals surface area contributed by atoms with Crippen LogP contribution in [0.3, 0.4) is 0 Å². The number of aromatic nitrogens is 1. The van der Waals surface area contributed by atoms with E-state index in [1.54, 1.807) is 0 Å². The van der Waals surface area contributed by atoms with Crippen LogP contribution < -0.4 is 0 Å². The average molecular weight is 402 g/mol. The van der Waals surface area contributed by atoms with Gasteiger partial charge >= 0.3 is 5.97 Å². The van der Waals surface area contributed by atoms with Crippen molar-refractivity contribution in [1.29, 1.82) is 0 Å². The SMILES string of the molecule is CN(C)C1(c2ccccn2)CCC2(CC1)CC(=O)N(CC(C(=O)O)C(C)(C)C)C2. The van der Waals surface area contributed by atoms with Crippen LogP contribution in [0.4, 0.5) is 0 Å². The van der Waals surface area contributed by atoms with Crippen molar-refractivity contribution in [3.05, 3.63) is 30.1 Å². The molecule has 1 N–H and O–H groups in total. The lowest BCUT2D eigenvalue weighted by molar-refractivity contribution is -0.147. The van der Waals surface area contributed by atoms with E-state index in [4.69, 9.17) is 0 Å². The molecule has 0 bridgehead atoms. The first-order chi connectivity index (χ1) is 13.5. The molecule has 0 radical (unpaired) electrons. The Hall–Kier alpha value is -1.95. The number of carboxylic acid groups (broad SMARTS) is 1. The number of nitrogens with zero attached hydrogens (tertiary/aromatic N) is 3. The van der Waals surface area contributed by atoms with Gasteiger partial charge in [-0.05, 0) is 62.7 Å². The molecule has 0 aromatic carbocycles. The van der Waals surface area contributed by atoms with Crippen molar-refractivity contribution in [1.82, 2.24) is 14.8 Å². The molecule has 6 heteroatoms. The van der Waals surface area contributed by atoms with E-state index in [-0.39, 0.29) is 22.3 Å². The van der Waals surface area contributed by atoms with Crippen molar-refractivity contribution < 1.29 is 14.7 Å². The Labute approximate surface area is 174 Å². The van der Waals surface area contributed by atoms with E-state index in [1.165, 1.54) is 0 Å². The minimum Gasteiger partial charge on any atom is -0.481 e. The van der Waals surface area contributed by atoms with E-state index in [9.17, 15) is 14.7 Å².